The van der Waals surface area contributed by atoms with Gasteiger partial charge in [-0.25, -0.2) is 0 Å². The number of hydrogen-bond acceptors (Lipinski definition) is 8. The van der Waals surface area contributed by atoms with Gasteiger partial charge in [0.05, 0.1) is 40.3 Å². The summed E-state index contributed by atoms with van der Waals surface area (Å²) in [5.41, 5.74) is 0. The zero-order chi connectivity index (χ0) is 47.0. The monoisotopic (exact) mass is 900 g/mol. The van der Waals surface area contributed by atoms with Crippen molar-refractivity contribution in [2.24, 2.45) is 0 Å². The van der Waals surface area contributed by atoms with E-state index in [0.29, 0.717) is 17.4 Å². The lowest BCUT2D eigenvalue weighted by atomic mass is 10.0. The topological polar surface area (TPSA) is 111 Å². The smallest absolute Gasteiger partial charge is 0.306 e. The summed E-state index contributed by atoms with van der Waals surface area (Å²) >= 11 is 0. The van der Waals surface area contributed by atoms with Crippen molar-refractivity contribution in [3.8, 4) is 0 Å². The van der Waals surface area contributed by atoms with Gasteiger partial charge in [0.1, 0.15) is 13.2 Å². The Kier molecular flexibility index (Phi) is 44.3. The summed E-state index contributed by atoms with van der Waals surface area (Å²) in [5.74, 6) is -2.30. The summed E-state index contributed by atoms with van der Waals surface area (Å²) in [6, 6.07) is 0. The van der Waals surface area contributed by atoms with Crippen molar-refractivity contribution in [1.82, 2.24) is 0 Å². The number of aliphatic carboxylic acids is 1. The largest absolute Gasteiger partial charge is 0.545 e. The summed E-state index contributed by atoms with van der Waals surface area (Å²) in [6.45, 7) is 4.60. The maximum Gasteiger partial charge on any atom is 0.306 e. The summed E-state index contributed by atoms with van der Waals surface area (Å²) in [7, 11) is 5.91. The molecule has 64 heavy (non-hydrogen) atoms. The molecule has 0 aliphatic heterocycles. The molecule has 0 aromatic rings. The van der Waals surface area contributed by atoms with Gasteiger partial charge in [0.2, 0.25) is 0 Å². The van der Waals surface area contributed by atoms with Crippen molar-refractivity contribution in [2.75, 3.05) is 47.5 Å². The fourth-order valence-corrected chi connectivity index (χ4v) is 6.99. The Morgan fingerprint density at radius 3 is 1.34 bits per heavy atom. The molecular weight excluding hydrogens is 803 g/mol. The quantitative estimate of drug-likeness (QED) is 0.0195. The molecule has 2 atom stereocenters. The van der Waals surface area contributed by atoms with Gasteiger partial charge in [-0.3, -0.25) is 9.59 Å². The zero-order valence-electron chi connectivity index (χ0n) is 41.9. The summed E-state index contributed by atoms with van der Waals surface area (Å²) < 4.78 is 22.6. The molecule has 0 saturated carbocycles. The number of hydrogen-bond donors (Lipinski definition) is 0. The zero-order valence-corrected chi connectivity index (χ0v) is 41.9. The fourth-order valence-electron chi connectivity index (χ4n) is 6.99. The fraction of sp³-hybridized carbons (Fsp3) is 0.764. The number of likely N-dealkylation sites (N-methyl/N-ethyl adjacent to an activating group) is 1. The second-order valence-corrected chi connectivity index (χ2v) is 18.4. The van der Waals surface area contributed by atoms with Gasteiger partial charge in [-0.1, -0.05) is 184 Å². The molecule has 0 radical (unpaired) electrons. The Labute approximate surface area is 393 Å². The van der Waals surface area contributed by atoms with Crippen LogP contribution in [0.15, 0.2) is 60.8 Å². The van der Waals surface area contributed by atoms with E-state index in [0.717, 1.165) is 83.5 Å². The number of carboxylic acids is 1. The number of quaternary nitrogens is 1. The Morgan fingerprint density at radius 2 is 0.891 bits per heavy atom. The van der Waals surface area contributed by atoms with Crippen LogP contribution in [0.25, 0.3) is 0 Å². The summed E-state index contributed by atoms with van der Waals surface area (Å²) in [6.07, 6.45) is 54.1. The van der Waals surface area contributed by atoms with Crippen molar-refractivity contribution in [1.29, 1.82) is 0 Å². The van der Waals surface area contributed by atoms with Crippen molar-refractivity contribution in [2.45, 2.75) is 225 Å². The molecule has 9 heteroatoms. The first-order chi connectivity index (χ1) is 31.1. The van der Waals surface area contributed by atoms with Gasteiger partial charge in [-0.2, -0.15) is 0 Å². The SMILES string of the molecule is CC/C=C\C/C=C\C/C=C\C/C=C\CCCCCCCCCCCCCCCCC(=O)OC(COC(=O)CCCCCCC/C=C\CCCCC)COC(OCC[N+](C)(C)C)C(=O)[O-]. The number of esters is 2. The van der Waals surface area contributed by atoms with E-state index in [1.165, 1.54) is 96.3 Å². The Bertz CT molecular complexity index is 1230. The maximum atomic E-state index is 12.8. The van der Waals surface area contributed by atoms with E-state index in [9.17, 15) is 19.5 Å². The van der Waals surface area contributed by atoms with Gasteiger partial charge in [-0.15, -0.1) is 0 Å². The van der Waals surface area contributed by atoms with Crippen LogP contribution in [0, 0.1) is 0 Å². The molecule has 0 amide bonds. The highest BCUT2D eigenvalue weighted by Crippen LogP contribution is 2.15. The highest BCUT2D eigenvalue weighted by molar-refractivity contribution is 5.70. The number of nitrogens with zero attached hydrogens (tertiary/aromatic N) is 1. The molecule has 370 valence electrons. The van der Waals surface area contributed by atoms with E-state index in [4.69, 9.17) is 18.9 Å². The number of carbonyl (C=O) groups is 3. The van der Waals surface area contributed by atoms with Crippen LogP contribution in [0.1, 0.15) is 213 Å². The average Bonchev–Trinajstić information content (AvgIpc) is 3.26. The van der Waals surface area contributed by atoms with Gasteiger partial charge < -0.3 is 33.3 Å². The van der Waals surface area contributed by atoms with E-state index >= 15 is 0 Å². The lowest BCUT2D eigenvalue weighted by Crippen LogP contribution is -2.44. The van der Waals surface area contributed by atoms with E-state index in [2.05, 4.69) is 74.6 Å². The molecule has 0 bridgehead atoms. The lowest BCUT2D eigenvalue weighted by molar-refractivity contribution is -0.870. The number of carbonyl (C=O) groups excluding carboxylic acids is 3. The molecule has 0 rings (SSSR count). The first kappa shape index (κ1) is 61.0. The molecule has 0 aliphatic carbocycles. The third kappa shape index (κ3) is 47.0. The van der Waals surface area contributed by atoms with E-state index in [1.807, 2.05) is 21.1 Å². The third-order valence-electron chi connectivity index (χ3n) is 11.0. The van der Waals surface area contributed by atoms with Crippen molar-refractivity contribution >= 4 is 17.9 Å². The maximum absolute atomic E-state index is 12.8. The van der Waals surface area contributed by atoms with E-state index in [1.54, 1.807) is 0 Å². The molecule has 0 aromatic heterocycles. The second kappa shape index (κ2) is 46.5. The van der Waals surface area contributed by atoms with Crippen LogP contribution in [0.3, 0.4) is 0 Å². The molecule has 0 fully saturated rings. The van der Waals surface area contributed by atoms with Gasteiger partial charge in [0.25, 0.3) is 0 Å². The minimum absolute atomic E-state index is 0.145. The molecule has 0 aliphatic rings. The number of rotatable bonds is 47. The highest BCUT2D eigenvalue weighted by atomic mass is 16.7. The van der Waals surface area contributed by atoms with Crippen molar-refractivity contribution in [3.05, 3.63) is 60.8 Å². The first-order valence-electron chi connectivity index (χ1n) is 25.9. The highest BCUT2D eigenvalue weighted by Gasteiger charge is 2.22. The van der Waals surface area contributed by atoms with Gasteiger partial charge in [0, 0.05) is 12.8 Å². The van der Waals surface area contributed by atoms with Crippen LogP contribution in [0.4, 0.5) is 0 Å². The van der Waals surface area contributed by atoms with Crippen LogP contribution >= 0.6 is 0 Å². The second-order valence-electron chi connectivity index (χ2n) is 18.4. The summed E-state index contributed by atoms with van der Waals surface area (Å²) in [4.78, 5) is 37.1. The number of unbranched alkanes of at least 4 members (excludes halogenated alkanes) is 22. The Hall–Kier alpha value is -3.01. The molecule has 9 nitrogen and oxygen atoms in total. The normalized spacial score (nSPS) is 13.3. The molecule has 0 spiro atoms. The average molecular weight is 900 g/mol. The van der Waals surface area contributed by atoms with Crippen molar-refractivity contribution in [3.63, 3.8) is 0 Å². The molecule has 0 aromatic carbocycles. The van der Waals surface area contributed by atoms with Crippen LogP contribution in [-0.2, 0) is 33.3 Å². The van der Waals surface area contributed by atoms with E-state index < -0.39 is 24.3 Å². The standard InChI is InChI=1S/C55H97NO8/c1-6-8-10-12-14-16-18-20-21-22-23-24-25-26-27-28-29-30-31-32-33-34-36-38-40-42-44-46-53(58)64-51(50-63-55(54(59)60)61-48-47-56(3,4)5)49-62-52(57)45-43-41-39-37-35-19-17-15-13-11-9-7-2/h8,10,14-17,20-21,23-24,51,55H,6-7,9,11-13,18-19,22,25-50H2,1-5H3/b10-8-,16-14-,17-15-,21-20-,24-23-. The predicted octanol–water partition coefficient (Wildman–Crippen LogP) is 13.2. The van der Waals surface area contributed by atoms with Gasteiger partial charge in [-0.05, 0) is 77.0 Å². The molecule has 0 heterocycles. The molecule has 2 unspecified atom stereocenters. The van der Waals surface area contributed by atoms with Crippen LogP contribution in [-0.4, -0.2) is 82.3 Å². The van der Waals surface area contributed by atoms with E-state index in [-0.39, 0.29) is 38.6 Å². The minimum Gasteiger partial charge on any atom is -0.545 e. The molecular formula is C55H97NO8. The molecule has 0 N–H and O–H groups in total. The third-order valence-corrected chi connectivity index (χ3v) is 11.0. The van der Waals surface area contributed by atoms with Gasteiger partial charge >= 0.3 is 11.9 Å². The first-order valence-corrected chi connectivity index (χ1v) is 25.9. The number of ether oxygens (including phenoxy) is 4. The predicted molar refractivity (Wildman–Crippen MR) is 265 cm³/mol. The van der Waals surface area contributed by atoms with Crippen LogP contribution in [0.2, 0.25) is 0 Å². The number of carboxylic acid groups (broad SMARTS) is 1. The Morgan fingerprint density at radius 1 is 0.484 bits per heavy atom. The van der Waals surface area contributed by atoms with Gasteiger partial charge in [0.15, 0.2) is 12.4 Å². The summed E-state index contributed by atoms with van der Waals surface area (Å²) in [5, 5.41) is 11.7. The van der Waals surface area contributed by atoms with Crippen LogP contribution in [0.5, 0.6) is 0 Å². The van der Waals surface area contributed by atoms with Crippen molar-refractivity contribution < 1.29 is 42.9 Å². The lowest BCUT2D eigenvalue weighted by Gasteiger charge is -2.26. The van der Waals surface area contributed by atoms with Crippen LogP contribution < -0.4 is 5.11 Å². The number of allylic oxidation sites excluding steroid dienone is 10. The molecule has 0 saturated heterocycles. The Balaban J connectivity index is 4.22. The minimum atomic E-state index is -1.62.